The van der Waals surface area contributed by atoms with E-state index < -0.39 is 0 Å². The van der Waals surface area contributed by atoms with Gasteiger partial charge in [0, 0.05) is 10.8 Å². The number of ketones is 1. The van der Waals surface area contributed by atoms with Gasteiger partial charge in [0.1, 0.15) is 5.78 Å². The molecule has 86 valence electrons. The Kier molecular flexibility index (Phi) is 2.30. The van der Waals surface area contributed by atoms with Gasteiger partial charge in [-0.25, -0.2) is 0 Å². The predicted molar refractivity (Wildman–Crippen MR) is 62.7 cm³/mol. The van der Waals surface area contributed by atoms with Crippen molar-refractivity contribution in [2.24, 2.45) is 16.2 Å². The molecule has 0 aromatic carbocycles. The number of fused-ring (bicyclic) bond motifs is 3. The lowest BCUT2D eigenvalue weighted by molar-refractivity contribution is -0.145. The van der Waals surface area contributed by atoms with Gasteiger partial charge in [-0.05, 0) is 43.9 Å². The van der Waals surface area contributed by atoms with Crippen LogP contribution in [0.25, 0.3) is 0 Å². The molecule has 0 amide bonds. The first kappa shape index (κ1) is 11.2. The fourth-order valence-corrected chi connectivity index (χ4v) is 3.51. The largest absolute Gasteiger partial charge is 0.298 e. The van der Waals surface area contributed by atoms with Crippen LogP contribution >= 0.6 is 0 Å². The first-order valence-corrected chi connectivity index (χ1v) is 6.33. The highest BCUT2D eigenvalue weighted by Crippen LogP contribution is 2.58. The fourth-order valence-electron chi connectivity index (χ4n) is 3.51. The first-order chi connectivity index (χ1) is 6.78. The van der Waals surface area contributed by atoms with Gasteiger partial charge in [0.2, 0.25) is 0 Å². The second kappa shape index (κ2) is 3.09. The molecule has 3 saturated carbocycles. The van der Waals surface area contributed by atoms with E-state index in [2.05, 4.69) is 27.7 Å². The molecule has 3 fully saturated rings. The monoisotopic (exact) mass is 208 g/mol. The maximum Gasteiger partial charge on any atom is 0.144 e. The van der Waals surface area contributed by atoms with Crippen LogP contribution in [0.2, 0.25) is 0 Å². The molecule has 0 aromatic rings. The maximum atomic E-state index is 12.5. The minimum Gasteiger partial charge on any atom is -0.298 e. The van der Waals surface area contributed by atoms with Crippen molar-refractivity contribution < 1.29 is 4.79 Å². The van der Waals surface area contributed by atoms with Crippen molar-refractivity contribution in [3.8, 4) is 0 Å². The van der Waals surface area contributed by atoms with Crippen molar-refractivity contribution in [2.45, 2.75) is 66.2 Å². The number of rotatable bonds is 1. The number of hydrogen-bond donors (Lipinski definition) is 0. The van der Waals surface area contributed by atoms with E-state index in [1.807, 2.05) is 0 Å². The topological polar surface area (TPSA) is 17.1 Å². The highest BCUT2D eigenvalue weighted by molar-refractivity contribution is 5.89. The molecule has 0 aliphatic heterocycles. The molecule has 0 aromatic heterocycles. The van der Waals surface area contributed by atoms with Gasteiger partial charge in [0.25, 0.3) is 0 Å². The van der Waals surface area contributed by atoms with E-state index in [4.69, 9.17) is 0 Å². The Hall–Kier alpha value is -0.330. The van der Waals surface area contributed by atoms with Gasteiger partial charge < -0.3 is 0 Å². The molecule has 0 spiro atoms. The number of hydrogen-bond acceptors (Lipinski definition) is 1. The van der Waals surface area contributed by atoms with E-state index in [0.29, 0.717) is 11.2 Å². The Bertz CT molecular complexity index is 258. The first-order valence-electron chi connectivity index (χ1n) is 6.33. The van der Waals surface area contributed by atoms with Crippen LogP contribution in [-0.4, -0.2) is 5.78 Å². The standard InChI is InChI=1S/C14H24O/c1-12(2,3)11(15)14-8-5-13(4,6-9-14)7-10-14/h5-10H2,1-4H3. The van der Waals surface area contributed by atoms with E-state index in [0.717, 1.165) is 19.3 Å². The summed E-state index contributed by atoms with van der Waals surface area (Å²) in [4.78, 5) is 12.5. The van der Waals surface area contributed by atoms with Crippen molar-refractivity contribution in [2.75, 3.05) is 0 Å². The highest BCUT2D eigenvalue weighted by Gasteiger charge is 2.52. The van der Waals surface area contributed by atoms with Crippen LogP contribution < -0.4 is 0 Å². The van der Waals surface area contributed by atoms with Gasteiger partial charge in [-0.1, -0.05) is 27.7 Å². The molecule has 15 heavy (non-hydrogen) atoms. The summed E-state index contributed by atoms with van der Waals surface area (Å²) in [5.74, 6) is 0.525. The molecule has 0 radical (unpaired) electrons. The Morgan fingerprint density at radius 3 is 1.67 bits per heavy atom. The van der Waals surface area contributed by atoms with Crippen molar-refractivity contribution in [1.82, 2.24) is 0 Å². The van der Waals surface area contributed by atoms with Gasteiger partial charge in [-0.3, -0.25) is 4.79 Å². The minimum absolute atomic E-state index is 0.0655. The molecule has 1 heteroatoms. The number of carbonyl (C=O) groups excluding carboxylic acids is 1. The molecule has 3 aliphatic carbocycles. The number of Topliss-reactive ketones (excluding diaryl/α,β-unsaturated/α-hetero) is 1. The molecule has 0 atom stereocenters. The lowest BCUT2D eigenvalue weighted by Crippen LogP contribution is -2.48. The molecule has 1 nitrogen and oxygen atoms in total. The zero-order valence-electron chi connectivity index (χ0n) is 10.7. The minimum atomic E-state index is -0.148. The predicted octanol–water partition coefficient (Wildman–Crippen LogP) is 3.96. The molecule has 2 bridgehead atoms. The zero-order chi connectivity index (χ0) is 11.3. The molecule has 3 aliphatic rings. The van der Waals surface area contributed by atoms with Crippen LogP contribution in [0.15, 0.2) is 0 Å². The van der Waals surface area contributed by atoms with Crippen LogP contribution in [0, 0.1) is 16.2 Å². The molecule has 0 heterocycles. The SMILES string of the molecule is CC12CCC(C(=O)C(C)(C)C)(CC1)CC2. The van der Waals surface area contributed by atoms with Crippen LogP contribution in [0.3, 0.4) is 0 Å². The summed E-state index contributed by atoms with van der Waals surface area (Å²) >= 11 is 0. The van der Waals surface area contributed by atoms with Crippen molar-refractivity contribution in [1.29, 1.82) is 0 Å². The Morgan fingerprint density at radius 2 is 1.33 bits per heavy atom. The van der Waals surface area contributed by atoms with Crippen molar-refractivity contribution in [3.63, 3.8) is 0 Å². The van der Waals surface area contributed by atoms with Crippen LogP contribution in [0.1, 0.15) is 66.2 Å². The van der Waals surface area contributed by atoms with E-state index in [9.17, 15) is 4.79 Å². The second-order valence-electron chi connectivity index (χ2n) is 7.17. The summed E-state index contributed by atoms with van der Waals surface area (Å²) in [7, 11) is 0. The summed E-state index contributed by atoms with van der Waals surface area (Å²) in [5, 5.41) is 0. The average Bonchev–Trinajstić information content (AvgIpc) is 2.17. The summed E-state index contributed by atoms with van der Waals surface area (Å²) in [5.41, 5.74) is 0.487. The Morgan fingerprint density at radius 1 is 0.933 bits per heavy atom. The molecule has 0 unspecified atom stereocenters. The molecule has 0 N–H and O–H groups in total. The molecule has 0 saturated heterocycles. The Labute approximate surface area is 93.6 Å². The van der Waals surface area contributed by atoms with Crippen molar-refractivity contribution in [3.05, 3.63) is 0 Å². The lowest BCUT2D eigenvalue weighted by atomic mass is 9.51. The number of carbonyl (C=O) groups is 1. The van der Waals surface area contributed by atoms with Gasteiger partial charge >= 0.3 is 0 Å². The van der Waals surface area contributed by atoms with Crippen molar-refractivity contribution >= 4 is 5.78 Å². The van der Waals surface area contributed by atoms with Crippen LogP contribution in [0.5, 0.6) is 0 Å². The molecule has 3 rings (SSSR count). The summed E-state index contributed by atoms with van der Waals surface area (Å²) in [6, 6.07) is 0. The highest BCUT2D eigenvalue weighted by atomic mass is 16.1. The third-order valence-corrected chi connectivity index (χ3v) is 4.78. The van der Waals surface area contributed by atoms with Crippen LogP contribution in [-0.2, 0) is 4.79 Å². The maximum absolute atomic E-state index is 12.5. The third kappa shape index (κ3) is 1.74. The normalized spacial score (nSPS) is 40.5. The van der Waals surface area contributed by atoms with E-state index >= 15 is 0 Å². The summed E-state index contributed by atoms with van der Waals surface area (Å²) < 4.78 is 0. The van der Waals surface area contributed by atoms with Crippen LogP contribution in [0.4, 0.5) is 0 Å². The Balaban J connectivity index is 2.20. The lowest BCUT2D eigenvalue weighted by Gasteiger charge is -2.52. The molecular weight excluding hydrogens is 184 g/mol. The second-order valence-corrected chi connectivity index (χ2v) is 7.17. The molecular formula is C14H24O. The quantitative estimate of drug-likeness (QED) is 0.637. The fraction of sp³-hybridized carbons (Fsp3) is 0.929. The van der Waals surface area contributed by atoms with Gasteiger partial charge in [-0.15, -0.1) is 0 Å². The van der Waals surface area contributed by atoms with E-state index in [-0.39, 0.29) is 10.8 Å². The third-order valence-electron chi connectivity index (χ3n) is 4.78. The average molecular weight is 208 g/mol. The zero-order valence-corrected chi connectivity index (χ0v) is 10.7. The summed E-state index contributed by atoms with van der Waals surface area (Å²) in [6.45, 7) is 8.63. The summed E-state index contributed by atoms with van der Waals surface area (Å²) in [6.07, 6.45) is 7.28. The smallest absolute Gasteiger partial charge is 0.144 e. The van der Waals surface area contributed by atoms with Gasteiger partial charge in [0.15, 0.2) is 0 Å². The van der Waals surface area contributed by atoms with E-state index in [1.54, 1.807) is 0 Å². The van der Waals surface area contributed by atoms with Gasteiger partial charge in [-0.2, -0.15) is 0 Å². The van der Waals surface area contributed by atoms with Gasteiger partial charge in [0.05, 0.1) is 0 Å². The van der Waals surface area contributed by atoms with E-state index in [1.165, 1.54) is 19.3 Å².